The van der Waals surface area contributed by atoms with Gasteiger partial charge in [-0.2, -0.15) is 9.98 Å². The van der Waals surface area contributed by atoms with Crippen molar-refractivity contribution >= 4 is 12.2 Å². The van der Waals surface area contributed by atoms with E-state index in [0.29, 0.717) is 6.42 Å². The Morgan fingerprint density at radius 3 is 2.17 bits per heavy atom. The highest BCUT2D eigenvalue weighted by molar-refractivity contribution is 5.48. The van der Waals surface area contributed by atoms with E-state index in [4.69, 9.17) is 9.47 Å². The number of allylic oxidation sites excluding steroid dienone is 2. The fraction of sp³-hybridized carbons (Fsp3) is 0.294. The van der Waals surface area contributed by atoms with Crippen molar-refractivity contribution in [2.45, 2.75) is 17.9 Å². The molecule has 1 aliphatic rings. The van der Waals surface area contributed by atoms with E-state index in [2.05, 4.69) is 9.98 Å². The second kappa shape index (κ2) is 7.09. The van der Waals surface area contributed by atoms with Gasteiger partial charge in [0.2, 0.25) is 23.6 Å². The molecule has 1 aliphatic carbocycles. The van der Waals surface area contributed by atoms with Crippen LogP contribution in [0.2, 0.25) is 0 Å². The Morgan fingerprint density at radius 2 is 1.65 bits per heavy atom. The first-order valence-electron chi connectivity index (χ1n) is 6.88. The number of methoxy groups -OCH3 is 2. The molecule has 0 bridgehead atoms. The van der Waals surface area contributed by atoms with Crippen molar-refractivity contribution in [3.8, 4) is 0 Å². The molecule has 0 atom stereocenters. The van der Waals surface area contributed by atoms with Crippen LogP contribution in [-0.4, -0.2) is 37.8 Å². The van der Waals surface area contributed by atoms with Crippen molar-refractivity contribution in [2.75, 3.05) is 14.2 Å². The molecule has 0 saturated carbocycles. The summed E-state index contributed by atoms with van der Waals surface area (Å²) in [5.41, 5.74) is 0.285. The van der Waals surface area contributed by atoms with Gasteiger partial charge in [0.25, 0.3) is 0 Å². The number of benzene rings is 1. The van der Waals surface area contributed by atoms with Gasteiger partial charge in [0.05, 0.1) is 0 Å². The summed E-state index contributed by atoms with van der Waals surface area (Å²) in [7, 11) is 2.77. The number of ether oxygens (including phenoxy) is 2. The Labute approximate surface area is 133 Å². The number of carbonyl (C=O) groups excluding carboxylic acids is 2. The van der Waals surface area contributed by atoms with Gasteiger partial charge in [-0.1, -0.05) is 36.4 Å². The Kier molecular flexibility index (Phi) is 5.16. The average molecular weight is 312 g/mol. The first-order valence-corrected chi connectivity index (χ1v) is 6.88. The largest absolute Gasteiger partial charge is 0.346 e. The van der Waals surface area contributed by atoms with E-state index >= 15 is 0 Å². The predicted molar refractivity (Wildman–Crippen MR) is 83.1 cm³/mol. The second-order valence-electron chi connectivity index (χ2n) is 4.92. The van der Waals surface area contributed by atoms with E-state index in [0.717, 1.165) is 11.1 Å². The first kappa shape index (κ1) is 16.7. The lowest BCUT2D eigenvalue weighted by Crippen LogP contribution is -2.53. The van der Waals surface area contributed by atoms with E-state index in [1.54, 1.807) is 12.2 Å². The Balaban J connectivity index is 2.48. The zero-order chi connectivity index (χ0) is 16.8. The summed E-state index contributed by atoms with van der Waals surface area (Å²) in [6.07, 6.45) is 8.31. The van der Waals surface area contributed by atoms with Gasteiger partial charge in [0.1, 0.15) is 0 Å². The summed E-state index contributed by atoms with van der Waals surface area (Å²) in [6.45, 7) is 0. The number of hydrogen-bond donors (Lipinski definition) is 0. The SMILES string of the molecule is COC1(OC)C=C(Cc2ccccc2)C=CC1(N=C=O)N=C=O. The molecule has 118 valence electrons. The third-order valence-electron chi connectivity index (χ3n) is 3.71. The van der Waals surface area contributed by atoms with Crippen molar-refractivity contribution < 1.29 is 19.1 Å². The van der Waals surface area contributed by atoms with Gasteiger partial charge < -0.3 is 9.47 Å². The molecule has 6 nitrogen and oxygen atoms in total. The van der Waals surface area contributed by atoms with Crippen LogP contribution < -0.4 is 0 Å². The number of rotatable bonds is 6. The van der Waals surface area contributed by atoms with E-state index in [1.165, 1.54) is 32.5 Å². The summed E-state index contributed by atoms with van der Waals surface area (Å²) >= 11 is 0. The summed E-state index contributed by atoms with van der Waals surface area (Å²) in [4.78, 5) is 28.8. The van der Waals surface area contributed by atoms with Gasteiger partial charge in [0.15, 0.2) is 0 Å². The average Bonchev–Trinajstić information content (AvgIpc) is 2.58. The van der Waals surface area contributed by atoms with Gasteiger partial charge >= 0.3 is 0 Å². The third kappa shape index (κ3) is 3.11. The number of aliphatic imine (C=N–C) groups is 2. The molecule has 2 rings (SSSR count). The van der Waals surface area contributed by atoms with Crippen molar-refractivity contribution in [2.24, 2.45) is 9.98 Å². The Bertz CT molecular complexity index is 689. The molecule has 0 spiro atoms. The molecule has 0 aromatic heterocycles. The van der Waals surface area contributed by atoms with Crippen LogP contribution in [0.4, 0.5) is 0 Å². The zero-order valence-corrected chi connectivity index (χ0v) is 12.9. The minimum Gasteiger partial charge on any atom is -0.346 e. The maximum Gasteiger partial charge on any atom is 0.250 e. The lowest BCUT2D eigenvalue weighted by molar-refractivity contribution is -0.201. The lowest BCUT2D eigenvalue weighted by atomic mass is 9.88. The van der Waals surface area contributed by atoms with E-state index in [-0.39, 0.29) is 0 Å². The van der Waals surface area contributed by atoms with E-state index < -0.39 is 11.4 Å². The van der Waals surface area contributed by atoms with Crippen molar-refractivity contribution in [3.63, 3.8) is 0 Å². The number of nitrogens with zero attached hydrogens (tertiary/aromatic N) is 2. The minimum absolute atomic E-state index is 0.623. The summed E-state index contributed by atoms with van der Waals surface area (Å²) < 4.78 is 10.8. The fourth-order valence-corrected chi connectivity index (χ4v) is 2.58. The molecule has 1 aromatic rings. The quantitative estimate of drug-likeness (QED) is 0.458. The zero-order valence-electron chi connectivity index (χ0n) is 12.9. The van der Waals surface area contributed by atoms with E-state index in [1.807, 2.05) is 30.3 Å². The first-order chi connectivity index (χ1) is 11.1. The highest BCUT2D eigenvalue weighted by Crippen LogP contribution is 2.39. The van der Waals surface area contributed by atoms with Gasteiger partial charge in [-0.25, -0.2) is 9.59 Å². The molecule has 0 unspecified atom stereocenters. The van der Waals surface area contributed by atoms with Gasteiger partial charge in [0, 0.05) is 14.2 Å². The van der Waals surface area contributed by atoms with Crippen molar-refractivity contribution in [3.05, 3.63) is 59.7 Å². The second-order valence-corrected chi connectivity index (χ2v) is 4.92. The molecule has 6 heteroatoms. The summed E-state index contributed by atoms with van der Waals surface area (Å²) in [5.74, 6) is -1.53. The van der Waals surface area contributed by atoms with Crippen molar-refractivity contribution in [1.29, 1.82) is 0 Å². The Morgan fingerprint density at radius 1 is 1.04 bits per heavy atom. The Hall–Kier alpha value is -2.62. The minimum atomic E-state index is -1.68. The summed E-state index contributed by atoms with van der Waals surface area (Å²) in [6, 6.07) is 9.81. The molecular weight excluding hydrogens is 296 g/mol. The maximum absolute atomic E-state index is 10.8. The van der Waals surface area contributed by atoms with Crippen molar-refractivity contribution in [1.82, 2.24) is 0 Å². The van der Waals surface area contributed by atoms with Gasteiger partial charge in [-0.05, 0) is 29.7 Å². The molecule has 0 amide bonds. The fourth-order valence-electron chi connectivity index (χ4n) is 2.58. The summed E-state index contributed by atoms with van der Waals surface area (Å²) in [5, 5.41) is 0. The molecular formula is C17H16N2O4. The molecule has 0 radical (unpaired) electrons. The topological polar surface area (TPSA) is 77.3 Å². The molecule has 0 heterocycles. The van der Waals surface area contributed by atoms with Crippen LogP contribution in [-0.2, 0) is 25.5 Å². The maximum atomic E-state index is 10.8. The monoisotopic (exact) mass is 312 g/mol. The molecule has 1 aromatic carbocycles. The van der Waals surface area contributed by atoms with Crippen LogP contribution in [0, 0.1) is 0 Å². The lowest BCUT2D eigenvalue weighted by Gasteiger charge is -2.39. The molecule has 0 aliphatic heterocycles. The number of isocyanates is 2. The highest BCUT2D eigenvalue weighted by atomic mass is 16.7. The predicted octanol–water partition coefficient (Wildman–Crippen LogP) is 2.08. The van der Waals surface area contributed by atoms with Gasteiger partial charge in [-0.3, -0.25) is 0 Å². The van der Waals surface area contributed by atoms with Crippen LogP contribution in [0.15, 0.2) is 64.1 Å². The molecule has 0 N–H and O–H groups in total. The standard InChI is InChI=1S/C17H16N2O4/c1-22-17(23-2)11-15(10-14-6-4-3-5-7-14)8-9-16(17,18-12-20)19-13-21/h3-9,11H,10H2,1-2H3. The van der Waals surface area contributed by atoms with Gasteiger partial charge in [-0.15, -0.1) is 0 Å². The molecule has 0 saturated heterocycles. The van der Waals surface area contributed by atoms with Crippen LogP contribution in [0.3, 0.4) is 0 Å². The van der Waals surface area contributed by atoms with Crippen LogP contribution in [0.1, 0.15) is 5.56 Å². The van der Waals surface area contributed by atoms with E-state index in [9.17, 15) is 9.59 Å². The smallest absolute Gasteiger partial charge is 0.250 e. The van der Waals surface area contributed by atoms with Crippen LogP contribution in [0.25, 0.3) is 0 Å². The normalized spacial score (nSPS) is 21.7. The third-order valence-corrected chi connectivity index (χ3v) is 3.71. The van der Waals surface area contributed by atoms with Crippen LogP contribution >= 0.6 is 0 Å². The van der Waals surface area contributed by atoms with Crippen LogP contribution in [0.5, 0.6) is 0 Å². The highest BCUT2D eigenvalue weighted by Gasteiger charge is 2.53. The molecule has 23 heavy (non-hydrogen) atoms. The molecule has 0 fully saturated rings. The number of hydrogen-bond acceptors (Lipinski definition) is 6.